The number of hydrazone groups is 1. The number of nitrogens with one attached hydrogen (secondary N) is 1. The molecule has 2 saturated heterocycles. The molecule has 1 aromatic carbocycles. The van der Waals surface area contributed by atoms with E-state index in [1.54, 1.807) is 5.01 Å². The number of hydrogen-bond donors (Lipinski definition) is 1. The van der Waals surface area contributed by atoms with Gasteiger partial charge < -0.3 is 14.4 Å². The van der Waals surface area contributed by atoms with Gasteiger partial charge in [0.15, 0.2) is 24.9 Å². The Labute approximate surface area is 238 Å². The summed E-state index contributed by atoms with van der Waals surface area (Å²) in [5.74, 6) is -0.654. The van der Waals surface area contributed by atoms with E-state index in [2.05, 4.69) is 20.3 Å². The quantitative estimate of drug-likeness (QED) is 0.281. The van der Waals surface area contributed by atoms with Crippen molar-refractivity contribution in [2.45, 2.75) is 15.5 Å². The molecule has 0 atom stereocenters. The molecule has 0 bridgehead atoms. The Morgan fingerprint density at radius 1 is 1.07 bits per heavy atom. The summed E-state index contributed by atoms with van der Waals surface area (Å²) in [7, 11) is -3.79. The predicted octanol–water partition coefficient (Wildman–Crippen LogP) is 0.564. The lowest BCUT2D eigenvalue weighted by molar-refractivity contribution is -0.110. The van der Waals surface area contributed by atoms with Gasteiger partial charge in [0.1, 0.15) is 0 Å². The van der Waals surface area contributed by atoms with E-state index in [1.807, 2.05) is 7.05 Å². The summed E-state index contributed by atoms with van der Waals surface area (Å²) in [6, 6.07) is 5.97. The highest BCUT2D eigenvalue weighted by molar-refractivity contribution is 7.91. The van der Waals surface area contributed by atoms with Gasteiger partial charge >= 0.3 is 0 Å². The van der Waals surface area contributed by atoms with E-state index in [0.29, 0.717) is 71.1 Å². The topological polar surface area (TPSA) is 151 Å². The molecule has 40 heavy (non-hydrogen) atoms. The lowest BCUT2D eigenvalue weighted by Gasteiger charge is -2.30. The molecule has 2 aromatic rings. The third kappa shape index (κ3) is 7.63. The number of thiazole rings is 1. The third-order valence-electron chi connectivity index (χ3n) is 6.45. The number of anilines is 1. The first kappa shape index (κ1) is 30.5. The van der Waals surface area contributed by atoms with E-state index in [-0.39, 0.29) is 25.7 Å². The monoisotopic (exact) mass is 614 g/mol. The smallest absolute Gasteiger partial charge is 0.278 e. The molecule has 2 aliphatic heterocycles. The van der Waals surface area contributed by atoms with Crippen LogP contribution in [0, 0.1) is 0 Å². The first-order valence-corrected chi connectivity index (χ1v) is 16.7. The van der Waals surface area contributed by atoms with E-state index < -0.39 is 25.8 Å². The maximum Gasteiger partial charge on any atom is 0.278 e. The van der Waals surface area contributed by atoms with Crippen LogP contribution >= 0.6 is 11.3 Å². The molecule has 4 rings (SSSR count). The van der Waals surface area contributed by atoms with Crippen molar-refractivity contribution in [1.82, 2.24) is 19.2 Å². The number of benzene rings is 1. The first-order valence-electron chi connectivity index (χ1n) is 12.8. The maximum atomic E-state index is 13.4. The molecular weight excluding hydrogens is 581 g/mol. The van der Waals surface area contributed by atoms with E-state index in [0.717, 1.165) is 11.3 Å². The number of ether oxygens (including phenoxy) is 2. The van der Waals surface area contributed by atoms with E-state index in [9.17, 15) is 21.6 Å². The van der Waals surface area contributed by atoms with Gasteiger partial charge in [-0.15, -0.1) is 0 Å². The molecule has 13 nitrogen and oxygen atoms in total. The second-order valence-electron chi connectivity index (χ2n) is 9.35. The number of carbonyl (C=O) groups excluding carboxylic acids is 1. The fraction of sp³-hybridized carbons (Fsp3) is 0.542. The molecular formula is C24H34N6O7S3. The van der Waals surface area contributed by atoms with Gasteiger partial charge in [0, 0.05) is 45.5 Å². The standard InChI is InChI=1S/C24H34N6O7S3/c1-28-8-10-30(11-9-28)40(34,35)21-18-25-24(38-21)26-23(31)22(27-29-12-15-37-16-13-29)19-4-6-20(7-5-19)39(32,33)17-3-14-36-2/h4-7,18H,3,8-17H2,1-2H3,(H,25,26,31). The van der Waals surface area contributed by atoms with Gasteiger partial charge in [-0.3, -0.25) is 15.1 Å². The number of methoxy groups -OCH3 is 1. The zero-order valence-electron chi connectivity index (χ0n) is 22.5. The summed E-state index contributed by atoms with van der Waals surface area (Å²) in [6.45, 7) is 4.24. The Balaban J connectivity index is 1.54. The largest absolute Gasteiger partial charge is 0.385 e. The number of hydrogen-bond acceptors (Lipinski definition) is 12. The normalized spacial score (nSPS) is 18.1. The lowest BCUT2D eigenvalue weighted by atomic mass is 10.1. The molecule has 2 aliphatic rings. The van der Waals surface area contributed by atoms with Crippen molar-refractivity contribution in [3.8, 4) is 0 Å². The van der Waals surface area contributed by atoms with Crippen LogP contribution in [0.2, 0.25) is 0 Å². The molecule has 1 N–H and O–H groups in total. The zero-order valence-corrected chi connectivity index (χ0v) is 24.9. The van der Waals surface area contributed by atoms with Crippen LogP contribution in [0.25, 0.3) is 0 Å². The Hall–Kier alpha value is -2.47. The third-order valence-corrected chi connectivity index (χ3v) is 11.5. The van der Waals surface area contributed by atoms with Gasteiger partial charge in [-0.25, -0.2) is 21.8 Å². The van der Waals surface area contributed by atoms with Crippen molar-refractivity contribution in [3.05, 3.63) is 36.0 Å². The SMILES string of the molecule is COCCCS(=O)(=O)c1ccc(C(=NN2CCOCC2)C(=O)Nc2ncc(S(=O)(=O)N3CCN(C)CC3)s2)cc1. The first-order chi connectivity index (χ1) is 19.1. The number of morpholine rings is 1. The molecule has 2 fully saturated rings. The summed E-state index contributed by atoms with van der Waals surface area (Å²) in [4.78, 5) is 19.7. The average molecular weight is 615 g/mol. The number of piperazine rings is 1. The highest BCUT2D eigenvalue weighted by Gasteiger charge is 2.30. The highest BCUT2D eigenvalue weighted by Crippen LogP contribution is 2.27. The molecule has 3 heterocycles. The van der Waals surface area contributed by atoms with E-state index in [1.165, 1.54) is 41.9 Å². The number of nitrogens with zero attached hydrogens (tertiary/aromatic N) is 5. The summed E-state index contributed by atoms with van der Waals surface area (Å²) in [6.07, 6.45) is 1.61. The van der Waals surface area contributed by atoms with Crippen LogP contribution in [0.1, 0.15) is 12.0 Å². The Kier molecular flexibility index (Phi) is 10.3. The van der Waals surface area contributed by atoms with Crippen LogP contribution in [-0.2, 0) is 34.1 Å². The van der Waals surface area contributed by atoms with Gasteiger partial charge in [0.05, 0.1) is 43.1 Å². The summed E-state index contributed by atoms with van der Waals surface area (Å²) < 4.78 is 63.2. The fourth-order valence-corrected chi connectivity index (χ4v) is 8.00. The number of sulfonamides is 1. The minimum Gasteiger partial charge on any atom is -0.385 e. The van der Waals surface area contributed by atoms with Crippen LogP contribution in [0.15, 0.2) is 44.7 Å². The number of likely N-dealkylation sites (N-methyl/N-ethyl adjacent to an activating group) is 1. The number of rotatable bonds is 11. The second kappa shape index (κ2) is 13.5. The average Bonchev–Trinajstić information content (AvgIpc) is 3.42. The highest BCUT2D eigenvalue weighted by atomic mass is 32.2. The van der Waals surface area contributed by atoms with Crippen molar-refractivity contribution in [2.24, 2.45) is 5.10 Å². The number of aromatic nitrogens is 1. The van der Waals surface area contributed by atoms with Gasteiger partial charge in [0.2, 0.25) is 0 Å². The Bertz CT molecular complexity index is 1400. The van der Waals surface area contributed by atoms with Crippen LogP contribution in [-0.4, -0.2) is 127 Å². The molecule has 1 amide bonds. The van der Waals surface area contributed by atoms with Gasteiger partial charge in [-0.05, 0) is 25.6 Å². The molecule has 0 unspecified atom stereocenters. The molecule has 0 saturated carbocycles. The van der Waals surface area contributed by atoms with Crippen LogP contribution in [0.3, 0.4) is 0 Å². The molecule has 0 spiro atoms. The van der Waals surface area contributed by atoms with E-state index >= 15 is 0 Å². The minimum absolute atomic E-state index is 0.0436. The lowest BCUT2D eigenvalue weighted by Crippen LogP contribution is -2.46. The molecule has 0 aliphatic carbocycles. The molecule has 16 heteroatoms. The van der Waals surface area contributed by atoms with Crippen LogP contribution in [0.5, 0.6) is 0 Å². The summed E-state index contributed by atoms with van der Waals surface area (Å²) >= 11 is 0.872. The molecule has 0 radical (unpaired) electrons. The van der Waals surface area contributed by atoms with Crippen molar-refractivity contribution in [2.75, 3.05) is 84.3 Å². The fourth-order valence-electron chi connectivity index (χ4n) is 4.11. The van der Waals surface area contributed by atoms with Gasteiger partial charge in [-0.2, -0.15) is 9.41 Å². The predicted molar refractivity (Wildman–Crippen MR) is 151 cm³/mol. The Morgan fingerprint density at radius 3 is 2.40 bits per heavy atom. The van der Waals surface area contributed by atoms with Crippen LogP contribution in [0.4, 0.5) is 5.13 Å². The van der Waals surface area contributed by atoms with Crippen LogP contribution < -0.4 is 5.32 Å². The van der Waals surface area contributed by atoms with E-state index in [4.69, 9.17) is 9.47 Å². The molecule has 1 aromatic heterocycles. The van der Waals surface area contributed by atoms with Crippen molar-refractivity contribution in [3.63, 3.8) is 0 Å². The number of amides is 1. The Morgan fingerprint density at radius 2 is 1.75 bits per heavy atom. The van der Waals surface area contributed by atoms with Crippen molar-refractivity contribution in [1.29, 1.82) is 0 Å². The van der Waals surface area contributed by atoms with Crippen molar-refractivity contribution >= 4 is 47.9 Å². The summed E-state index contributed by atoms with van der Waals surface area (Å²) in [5.41, 5.74) is 0.450. The summed E-state index contributed by atoms with van der Waals surface area (Å²) in [5, 5.41) is 9.02. The maximum absolute atomic E-state index is 13.4. The number of carbonyl (C=O) groups is 1. The minimum atomic E-state index is -3.73. The van der Waals surface area contributed by atoms with Crippen molar-refractivity contribution < 1.29 is 31.1 Å². The van der Waals surface area contributed by atoms with Gasteiger partial charge in [-0.1, -0.05) is 23.5 Å². The number of sulfone groups is 1. The van der Waals surface area contributed by atoms with Gasteiger partial charge in [0.25, 0.3) is 15.9 Å². The second-order valence-corrected chi connectivity index (χ2v) is 14.7. The molecule has 220 valence electrons. The zero-order chi connectivity index (χ0) is 28.8.